The van der Waals surface area contributed by atoms with Crippen LogP contribution in [0.4, 0.5) is 13.2 Å². The van der Waals surface area contributed by atoms with E-state index >= 15 is 0 Å². The Morgan fingerprint density at radius 3 is 2.17 bits per heavy atom. The summed E-state index contributed by atoms with van der Waals surface area (Å²) in [5.74, 6) is -3.80. The van der Waals surface area contributed by atoms with Gasteiger partial charge in [-0.25, -0.2) is 13.2 Å². The minimum atomic E-state index is -2.70. The molecule has 0 bridgehead atoms. The minimum Gasteiger partial charge on any atom is -0.339 e. The van der Waals surface area contributed by atoms with E-state index in [1.54, 1.807) is 0 Å². The number of alkyl halides is 3. The van der Waals surface area contributed by atoms with E-state index in [4.69, 9.17) is 0 Å². The van der Waals surface area contributed by atoms with Crippen molar-refractivity contribution in [3.63, 3.8) is 0 Å². The molecule has 0 radical (unpaired) electrons. The molecule has 1 aliphatic heterocycles. The van der Waals surface area contributed by atoms with E-state index in [0.717, 1.165) is 0 Å². The fourth-order valence-electron chi connectivity index (χ4n) is 2.85. The van der Waals surface area contributed by atoms with Crippen molar-refractivity contribution >= 4 is 5.91 Å². The number of amides is 1. The molecule has 0 aromatic carbocycles. The maximum absolute atomic E-state index is 13.9. The van der Waals surface area contributed by atoms with Gasteiger partial charge >= 0.3 is 0 Å². The van der Waals surface area contributed by atoms with Crippen molar-refractivity contribution in [3.8, 4) is 0 Å². The summed E-state index contributed by atoms with van der Waals surface area (Å²) in [4.78, 5) is 13.4. The molecule has 0 aromatic heterocycles. The molecule has 0 unspecified atom stereocenters. The van der Waals surface area contributed by atoms with Gasteiger partial charge in [0.15, 0.2) is 0 Å². The van der Waals surface area contributed by atoms with Gasteiger partial charge < -0.3 is 4.90 Å². The van der Waals surface area contributed by atoms with Gasteiger partial charge in [0, 0.05) is 31.2 Å². The van der Waals surface area contributed by atoms with Crippen LogP contribution in [0.25, 0.3) is 0 Å². The summed E-state index contributed by atoms with van der Waals surface area (Å²) >= 11 is 0. The summed E-state index contributed by atoms with van der Waals surface area (Å²) in [5, 5.41) is 0. The second-order valence-electron chi connectivity index (χ2n) is 6.69. The largest absolute Gasteiger partial charge is 0.339 e. The first-order chi connectivity index (χ1) is 8.10. The fraction of sp³-hybridized carbons (Fsp3) is 0.923. The lowest BCUT2D eigenvalue weighted by atomic mass is 9.79. The number of halogens is 3. The molecule has 0 spiro atoms. The van der Waals surface area contributed by atoms with Gasteiger partial charge in [-0.3, -0.25) is 4.79 Å². The highest BCUT2D eigenvalue weighted by Gasteiger charge is 2.51. The highest BCUT2D eigenvalue weighted by atomic mass is 19.3. The Morgan fingerprint density at radius 2 is 1.78 bits per heavy atom. The molecular formula is C13H20F3NO. The van der Waals surface area contributed by atoms with Crippen LogP contribution in [0.2, 0.25) is 0 Å². The predicted octanol–water partition coefficient (Wildman–Crippen LogP) is 2.87. The fourth-order valence-corrected chi connectivity index (χ4v) is 2.85. The van der Waals surface area contributed by atoms with E-state index < -0.39 is 18.0 Å². The van der Waals surface area contributed by atoms with Gasteiger partial charge in [0.1, 0.15) is 6.17 Å². The Morgan fingerprint density at radius 1 is 1.22 bits per heavy atom. The molecule has 1 saturated carbocycles. The van der Waals surface area contributed by atoms with Crippen LogP contribution in [-0.2, 0) is 4.79 Å². The van der Waals surface area contributed by atoms with E-state index in [2.05, 4.69) is 0 Å². The molecule has 2 aliphatic rings. The summed E-state index contributed by atoms with van der Waals surface area (Å²) in [6, 6.07) is 0. The second kappa shape index (κ2) is 4.14. The highest BCUT2D eigenvalue weighted by molar-refractivity contribution is 5.80. The normalized spacial score (nSPS) is 32.4. The molecule has 1 amide bonds. The third-order valence-electron chi connectivity index (χ3n) is 4.11. The molecule has 1 saturated heterocycles. The average Bonchev–Trinajstić information content (AvgIpc) is 2.54. The lowest BCUT2D eigenvalue weighted by Crippen LogP contribution is -2.46. The SMILES string of the molecule is CC(C)(C)[C@@H]1CN(C(=O)C2CC(F)(F)C2)C[C@@H]1F. The first-order valence-corrected chi connectivity index (χ1v) is 6.41. The first-order valence-electron chi connectivity index (χ1n) is 6.41. The summed E-state index contributed by atoms with van der Waals surface area (Å²) in [7, 11) is 0. The first kappa shape index (κ1) is 13.7. The maximum Gasteiger partial charge on any atom is 0.249 e. The Bertz CT molecular complexity index is 343. The Hall–Kier alpha value is -0.740. The maximum atomic E-state index is 13.9. The van der Waals surface area contributed by atoms with Crippen molar-refractivity contribution in [1.29, 1.82) is 0 Å². The van der Waals surface area contributed by atoms with E-state index in [9.17, 15) is 18.0 Å². The molecule has 2 fully saturated rings. The number of hydrogen-bond acceptors (Lipinski definition) is 1. The molecule has 2 nitrogen and oxygen atoms in total. The quantitative estimate of drug-likeness (QED) is 0.712. The Labute approximate surface area is 106 Å². The number of likely N-dealkylation sites (tertiary alicyclic amines) is 1. The number of rotatable bonds is 1. The zero-order valence-corrected chi connectivity index (χ0v) is 11.0. The minimum absolute atomic E-state index is 0.0584. The van der Waals surface area contributed by atoms with Crippen molar-refractivity contribution in [2.75, 3.05) is 13.1 Å². The van der Waals surface area contributed by atoms with Gasteiger partial charge in [0.2, 0.25) is 11.8 Å². The van der Waals surface area contributed by atoms with Crippen molar-refractivity contribution in [2.45, 2.75) is 45.7 Å². The van der Waals surface area contributed by atoms with Gasteiger partial charge in [0.05, 0.1) is 6.54 Å². The zero-order chi connectivity index (χ0) is 13.7. The zero-order valence-electron chi connectivity index (χ0n) is 11.0. The monoisotopic (exact) mass is 263 g/mol. The van der Waals surface area contributed by atoms with Crippen molar-refractivity contribution in [1.82, 2.24) is 4.90 Å². The number of nitrogens with zero attached hydrogens (tertiary/aromatic N) is 1. The Kier molecular flexibility index (Phi) is 3.14. The molecule has 0 aromatic rings. The number of carbonyl (C=O) groups is 1. The summed E-state index contributed by atoms with van der Waals surface area (Å²) < 4.78 is 39.4. The van der Waals surface area contributed by atoms with Gasteiger partial charge in [-0.05, 0) is 5.41 Å². The molecule has 5 heteroatoms. The van der Waals surface area contributed by atoms with E-state index in [1.165, 1.54) is 4.90 Å². The van der Waals surface area contributed by atoms with Gasteiger partial charge in [-0.15, -0.1) is 0 Å². The lowest BCUT2D eigenvalue weighted by molar-refractivity contribution is -0.159. The summed E-state index contributed by atoms with van der Waals surface area (Å²) in [5.41, 5.74) is -0.210. The molecule has 2 rings (SSSR count). The molecule has 0 N–H and O–H groups in total. The molecule has 104 valence electrons. The topological polar surface area (TPSA) is 20.3 Å². The van der Waals surface area contributed by atoms with Crippen LogP contribution < -0.4 is 0 Å². The van der Waals surface area contributed by atoms with Gasteiger partial charge in [-0.1, -0.05) is 20.8 Å². The van der Waals surface area contributed by atoms with Crippen LogP contribution in [0, 0.1) is 17.3 Å². The molecule has 1 aliphatic carbocycles. The predicted molar refractivity (Wildman–Crippen MR) is 62.1 cm³/mol. The van der Waals surface area contributed by atoms with Crippen LogP contribution in [0.15, 0.2) is 0 Å². The average molecular weight is 263 g/mol. The van der Waals surface area contributed by atoms with E-state index in [1.807, 2.05) is 20.8 Å². The molecule has 1 heterocycles. The third-order valence-corrected chi connectivity index (χ3v) is 4.11. The van der Waals surface area contributed by atoms with Gasteiger partial charge in [0.25, 0.3) is 0 Å². The summed E-state index contributed by atoms with van der Waals surface area (Å²) in [6.07, 6.45) is -1.80. The second-order valence-corrected chi connectivity index (χ2v) is 6.69. The van der Waals surface area contributed by atoms with Gasteiger partial charge in [-0.2, -0.15) is 0 Å². The van der Waals surface area contributed by atoms with Crippen LogP contribution in [0.1, 0.15) is 33.6 Å². The number of hydrogen-bond donors (Lipinski definition) is 0. The van der Waals surface area contributed by atoms with Crippen molar-refractivity contribution in [2.24, 2.45) is 17.3 Å². The molecular weight excluding hydrogens is 243 g/mol. The van der Waals surface area contributed by atoms with Crippen LogP contribution in [0.3, 0.4) is 0 Å². The standard InChI is InChI=1S/C13H20F3NO/c1-12(2,3)9-6-17(7-10(9)14)11(18)8-4-13(15,16)5-8/h8-10H,4-7H2,1-3H3/t9-,10+/m1/s1. The number of carbonyl (C=O) groups excluding carboxylic acids is 1. The molecule has 2 atom stereocenters. The third kappa shape index (κ3) is 2.50. The lowest BCUT2D eigenvalue weighted by Gasteiger charge is -2.36. The summed E-state index contributed by atoms with van der Waals surface area (Å²) in [6.45, 7) is 6.23. The van der Waals surface area contributed by atoms with Crippen molar-refractivity contribution < 1.29 is 18.0 Å². The highest BCUT2D eigenvalue weighted by Crippen LogP contribution is 2.44. The smallest absolute Gasteiger partial charge is 0.249 e. The van der Waals surface area contributed by atoms with Crippen LogP contribution >= 0.6 is 0 Å². The van der Waals surface area contributed by atoms with Crippen LogP contribution in [-0.4, -0.2) is 36.0 Å². The van der Waals surface area contributed by atoms with E-state index in [-0.39, 0.29) is 36.6 Å². The molecule has 18 heavy (non-hydrogen) atoms. The van der Waals surface area contributed by atoms with Crippen molar-refractivity contribution in [3.05, 3.63) is 0 Å². The van der Waals surface area contributed by atoms with E-state index in [0.29, 0.717) is 6.54 Å². The Balaban J connectivity index is 1.95. The van der Waals surface area contributed by atoms with Crippen LogP contribution in [0.5, 0.6) is 0 Å².